The van der Waals surface area contributed by atoms with Crippen LogP contribution in [0.5, 0.6) is 5.88 Å². The number of piperidine rings is 1. The van der Waals surface area contributed by atoms with Crippen LogP contribution in [-0.4, -0.2) is 57.8 Å². The number of fused-ring (bicyclic) bond motifs is 1. The van der Waals surface area contributed by atoms with Crippen LogP contribution >= 0.6 is 0 Å². The van der Waals surface area contributed by atoms with Gasteiger partial charge in [-0.1, -0.05) is 37.3 Å². The highest BCUT2D eigenvalue weighted by molar-refractivity contribution is 6.01. The monoisotopic (exact) mass is 483 g/mol. The number of rotatable bonds is 7. The van der Waals surface area contributed by atoms with Crippen LogP contribution < -0.4 is 10.1 Å². The van der Waals surface area contributed by atoms with E-state index in [4.69, 9.17) is 4.74 Å². The minimum Gasteiger partial charge on any atom is -0.475 e. The minimum atomic E-state index is -0.0632. The van der Waals surface area contributed by atoms with Gasteiger partial charge in [0.1, 0.15) is 5.69 Å². The molecule has 4 aromatic rings. The first-order chi connectivity index (χ1) is 17.5. The summed E-state index contributed by atoms with van der Waals surface area (Å²) in [5.74, 6) is 0.811. The molecule has 5 rings (SSSR count). The lowest BCUT2D eigenvalue weighted by Gasteiger charge is -2.38. The van der Waals surface area contributed by atoms with E-state index in [1.54, 1.807) is 6.20 Å². The molecule has 0 unspecified atom stereocenters. The number of nitrogens with zero attached hydrogens (tertiary/aromatic N) is 3. The van der Waals surface area contributed by atoms with E-state index in [1.165, 1.54) is 5.56 Å². The first kappa shape index (κ1) is 24.0. The molecule has 1 amide bonds. The van der Waals surface area contributed by atoms with Crippen molar-refractivity contribution < 1.29 is 9.53 Å². The Kier molecular flexibility index (Phi) is 7.00. The fourth-order valence-electron chi connectivity index (χ4n) is 5.01. The van der Waals surface area contributed by atoms with E-state index in [9.17, 15) is 4.79 Å². The van der Waals surface area contributed by atoms with Gasteiger partial charge in [-0.3, -0.25) is 9.89 Å². The van der Waals surface area contributed by atoms with E-state index in [-0.39, 0.29) is 18.1 Å². The summed E-state index contributed by atoms with van der Waals surface area (Å²) in [5.41, 5.74) is 4.41. The number of aromatic nitrogens is 3. The third kappa shape index (κ3) is 5.11. The highest BCUT2D eigenvalue weighted by atomic mass is 16.5. The van der Waals surface area contributed by atoms with Crippen molar-refractivity contribution >= 4 is 16.8 Å². The first-order valence-electron chi connectivity index (χ1n) is 12.7. The van der Waals surface area contributed by atoms with Gasteiger partial charge in [-0.15, -0.1) is 0 Å². The van der Waals surface area contributed by atoms with Gasteiger partial charge in [-0.25, -0.2) is 4.98 Å². The standard InChI is InChI=1S/C29H33N5O2/c1-4-34-15-14-23(20-8-6-5-7-9-20)26(18-34)31-29(35)21-10-12-25-24(16-21)28(33-32-25)22-11-13-27(30-17-22)36-19(2)3/h5-13,16-17,19,23,26H,4,14-15,18H2,1-3H3,(H,31,35)(H,32,33)/t23-,26+/m0/s1. The van der Waals surface area contributed by atoms with Crippen LogP contribution in [-0.2, 0) is 0 Å². The lowest BCUT2D eigenvalue weighted by atomic mass is 9.85. The zero-order valence-corrected chi connectivity index (χ0v) is 21.1. The second-order valence-electron chi connectivity index (χ2n) is 9.66. The zero-order valence-electron chi connectivity index (χ0n) is 21.1. The first-order valence-corrected chi connectivity index (χ1v) is 12.7. The smallest absolute Gasteiger partial charge is 0.251 e. The maximum absolute atomic E-state index is 13.5. The molecule has 36 heavy (non-hydrogen) atoms. The van der Waals surface area contributed by atoms with Crippen LogP contribution in [0.3, 0.4) is 0 Å². The minimum absolute atomic E-state index is 0.0471. The van der Waals surface area contributed by atoms with Crippen LogP contribution in [0.15, 0.2) is 66.9 Å². The number of aromatic amines is 1. The summed E-state index contributed by atoms with van der Waals surface area (Å²) in [4.78, 5) is 20.3. The van der Waals surface area contributed by atoms with Crippen LogP contribution in [0.2, 0.25) is 0 Å². The van der Waals surface area contributed by atoms with Crippen LogP contribution in [0.4, 0.5) is 0 Å². The Morgan fingerprint density at radius 3 is 2.72 bits per heavy atom. The molecule has 0 spiro atoms. The summed E-state index contributed by atoms with van der Waals surface area (Å²) in [6.45, 7) is 8.98. The summed E-state index contributed by atoms with van der Waals surface area (Å²) in [6.07, 6.45) is 2.84. The quantitative estimate of drug-likeness (QED) is 0.386. The van der Waals surface area contributed by atoms with Crippen LogP contribution in [0, 0.1) is 0 Å². The molecule has 2 aromatic carbocycles. The normalized spacial score (nSPS) is 18.4. The summed E-state index contributed by atoms with van der Waals surface area (Å²) >= 11 is 0. The molecule has 1 fully saturated rings. The number of likely N-dealkylation sites (N-methyl/N-ethyl adjacent to an activating group) is 1. The van der Waals surface area contributed by atoms with Crippen LogP contribution in [0.1, 0.15) is 49.0 Å². The number of ether oxygens (including phenoxy) is 1. The van der Waals surface area contributed by atoms with Gasteiger partial charge < -0.3 is 15.0 Å². The van der Waals surface area contributed by atoms with Crippen molar-refractivity contribution in [2.45, 2.75) is 45.3 Å². The third-order valence-electron chi connectivity index (χ3n) is 6.88. The highest BCUT2D eigenvalue weighted by Crippen LogP contribution is 2.30. The predicted octanol–water partition coefficient (Wildman–Crippen LogP) is 5.02. The van der Waals surface area contributed by atoms with E-state index >= 15 is 0 Å². The Morgan fingerprint density at radius 1 is 1.17 bits per heavy atom. The number of amides is 1. The molecule has 0 saturated carbocycles. The Labute approximate surface area is 211 Å². The van der Waals surface area contributed by atoms with Gasteiger partial charge in [0.2, 0.25) is 5.88 Å². The molecule has 7 heteroatoms. The second kappa shape index (κ2) is 10.5. The molecule has 1 aliphatic rings. The van der Waals surface area contributed by atoms with Crippen molar-refractivity contribution in [2.75, 3.05) is 19.6 Å². The lowest BCUT2D eigenvalue weighted by molar-refractivity contribution is 0.0891. The highest BCUT2D eigenvalue weighted by Gasteiger charge is 2.31. The van der Waals surface area contributed by atoms with Gasteiger partial charge in [0, 0.05) is 47.3 Å². The predicted molar refractivity (Wildman–Crippen MR) is 142 cm³/mol. The molecule has 1 saturated heterocycles. The fourth-order valence-corrected chi connectivity index (χ4v) is 5.01. The summed E-state index contributed by atoms with van der Waals surface area (Å²) in [6, 6.07) is 20.0. The van der Waals surface area contributed by atoms with Gasteiger partial charge >= 0.3 is 0 Å². The molecule has 0 aliphatic carbocycles. The van der Waals surface area contributed by atoms with Gasteiger partial charge in [0.05, 0.1) is 11.6 Å². The SMILES string of the molecule is CCN1CC[C@@H](c2ccccc2)[C@H](NC(=O)c2ccc3[nH]nc(-c4ccc(OC(C)C)nc4)c3c2)C1. The number of carbonyl (C=O) groups excluding carboxylic acids is 1. The Morgan fingerprint density at radius 2 is 2.00 bits per heavy atom. The molecule has 2 N–H and O–H groups in total. The molecule has 0 bridgehead atoms. The van der Waals surface area contributed by atoms with Gasteiger partial charge in [0.25, 0.3) is 5.91 Å². The van der Waals surface area contributed by atoms with Crippen molar-refractivity contribution in [3.05, 3.63) is 78.0 Å². The molecule has 2 aromatic heterocycles. The molecule has 3 heterocycles. The molecular weight excluding hydrogens is 450 g/mol. The molecular formula is C29H33N5O2. The summed E-state index contributed by atoms with van der Waals surface area (Å²) in [5, 5.41) is 11.8. The average molecular weight is 484 g/mol. The number of hydrogen-bond donors (Lipinski definition) is 2. The molecule has 7 nitrogen and oxygen atoms in total. The van der Waals surface area contributed by atoms with E-state index in [0.717, 1.165) is 48.2 Å². The maximum Gasteiger partial charge on any atom is 0.251 e. The maximum atomic E-state index is 13.5. The van der Waals surface area contributed by atoms with Crippen molar-refractivity contribution in [3.8, 4) is 17.1 Å². The number of hydrogen-bond acceptors (Lipinski definition) is 5. The average Bonchev–Trinajstić information content (AvgIpc) is 3.32. The van der Waals surface area contributed by atoms with E-state index in [2.05, 4.69) is 56.6 Å². The van der Waals surface area contributed by atoms with Crippen molar-refractivity contribution in [1.29, 1.82) is 0 Å². The fraction of sp³-hybridized carbons (Fsp3) is 0.345. The van der Waals surface area contributed by atoms with E-state index in [1.807, 2.05) is 50.2 Å². The van der Waals surface area contributed by atoms with Crippen molar-refractivity contribution in [1.82, 2.24) is 25.4 Å². The Balaban J connectivity index is 1.39. The van der Waals surface area contributed by atoms with Crippen LogP contribution in [0.25, 0.3) is 22.2 Å². The Hall–Kier alpha value is -3.71. The molecule has 0 radical (unpaired) electrons. The number of nitrogens with one attached hydrogen (secondary N) is 2. The van der Waals surface area contributed by atoms with Gasteiger partial charge in [-0.05, 0) is 63.2 Å². The summed E-state index contributed by atoms with van der Waals surface area (Å²) in [7, 11) is 0. The van der Waals surface area contributed by atoms with E-state index in [0.29, 0.717) is 17.4 Å². The summed E-state index contributed by atoms with van der Waals surface area (Å²) < 4.78 is 5.66. The number of pyridine rings is 1. The van der Waals surface area contributed by atoms with Gasteiger partial charge in [0.15, 0.2) is 0 Å². The van der Waals surface area contributed by atoms with Gasteiger partial charge in [-0.2, -0.15) is 5.10 Å². The van der Waals surface area contributed by atoms with E-state index < -0.39 is 0 Å². The number of H-pyrrole nitrogens is 1. The zero-order chi connectivity index (χ0) is 25.1. The third-order valence-corrected chi connectivity index (χ3v) is 6.88. The molecule has 1 aliphatic heterocycles. The topological polar surface area (TPSA) is 83.1 Å². The number of likely N-dealkylation sites (tertiary alicyclic amines) is 1. The van der Waals surface area contributed by atoms with Crippen molar-refractivity contribution in [3.63, 3.8) is 0 Å². The lowest BCUT2D eigenvalue weighted by Crippen LogP contribution is -2.51. The van der Waals surface area contributed by atoms with Crippen molar-refractivity contribution in [2.24, 2.45) is 0 Å². The molecule has 186 valence electrons. The largest absolute Gasteiger partial charge is 0.475 e. The Bertz CT molecular complexity index is 1320. The second-order valence-corrected chi connectivity index (χ2v) is 9.66. The molecule has 2 atom stereocenters. The number of carbonyl (C=O) groups is 1. The number of benzene rings is 2.